The number of nitrogens with one attached hydrogen (secondary N) is 1. The van der Waals surface area contributed by atoms with E-state index in [1.807, 2.05) is 13.8 Å². The van der Waals surface area contributed by atoms with Crippen molar-refractivity contribution in [2.24, 2.45) is 5.92 Å². The van der Waals surface area contributed by atoms with E-state index in [0.29, 0.717) is 19.8 Å². The first-order chi connectivity index (χ1) is 11.5. The summed E-state index contributed by atoms with van der Waals surface area (Å²) in [6.07, 6.45) is 3.65. The van der Waals surface area contributed by atoms with Crippen LogP contribution < -0.4 is 5.32 Å². The Morgan fingerprint density at radius 2 is 1.88 bits per heavy atom. The number of carbonyl (C=O) groups excluding carboxylic acids is 3. The van der Waals surface area contributed by atoms with Crippen molar-refractivity contribution in [3.05, 3.63) is 11.6 Å². The summed E-state index contributed by atoms with van der Waals surface area (Å²) in [6.45, 7) is 5.50. The number of imide groups is 1. The fourth-order valence-corrected chi connectivity index (χ4v) is 3.13. The summed E-state index contributed by atoms with van der Waals surface area (Å²) < 4.78 is 16.8. The van der Waals surface area contributed by atoms with E-state index < -0.39 is 17.8 Å². The van der Waals surface area contributed by atoms with E-state index >= 15 is 0 Å². The molecule has 2 aliphatic rings. The predicted molar refractivity (Wildman–Crippen MR) is 85.0 cm³/mol. The number of hydrogen-bond donors (Lipinski definition) is 1. The van der Waals surface area contributed by atoms with Gasteiger partial charge >= 0.3 is 5.97 Å². The summed E-state index contributed by atoms with van der Waals surface area (Å²) in [7, 11) is 0. The van der Waals surface area contributed by atoms with Crippen LogP contribution in [-0.2, 0) is 28.6 Å². The molecule has 7 nitrogen and oxygen atoms in total. The zero-order valence-electron chi connectivity index (χ0n) is 14.2. The van der Waals surface area contributed by atoms with Gasteiger partial charge in [0.2, 0.25) is 0 Å². The van der Waals surface area contributed by atoms with E-state index in [2.05, 4.69) is 5.32 Å². The van der Waals surface area contributed by atoms with Crippen molar-refractivity contribution in [1.29, 1.82) is 0 Å². The van der Waals surface area contributed by atoms with Crippen molar-refractivity contribution in [1.82, 2.24) is 5.32 Å². The molecule has 0 aromatic rings. The number of esters is 1. The zero-order chi connectivity index (χ0) is 17.5. The van der Waals surface area contributed by atoms with Gasteiger partial charge < -0.3 is 14.2 Å². The van der Waals surface area contributed by atoms with E-state index in [1.54, 1.807) is 0 Å². The summed E-state index contributed by atoms with van der Waals surface area (Å²) in [6, 6.07) is 0. The molecule has 0 bridgehead atoms. The van der Waals surface area contributed by atoms with Crippen molar-refractivity contribution in [2.45, 2.75) is 51.7 Å². The van der Waals surface area contributed by atoms with Gasteiger partial charge in [0.25, 0.3) is 11.8 Å². The minimum atomic E-state index is -0.523. The van der Waals surface area contributed by atoms with Crippen molar-refractivity contribution in [2.75, 3.05) is 19.8 Å². The van der Waals surface area contributed by atoms with Crippen molar-refractivity contribution < 1.29 is 28.6 Å². The molecule has 2 unspecified atom stereocenters. The molecule has 2 rings (SSSR count). The second-order valence-electron chi connectivity index (χ2n) is 6.01. The molecule has 0 saturated heterocycles. The Morgan fingerprint density at radius 3 is 2.50 bits per heavy atom. The summed E-state index contributed by atoms with van der Waals surface area (Å²) in [5, 5.41) is 2.11. The number of carbonyl (C=O) groups is 3. The van der Waals surface area contributed by atoms with Crippen molar-refractivity contribution >= 4 is 17.8 Å². The first-order valence-electron chi connectivity index (χ1n) is 8.48. The van der Waals surface area contributed by atoms with Gasteiger partial charge in [-0.15, -0.1) is 0 Å². The molecule has 1 aliphatic heterocycles. The van der Waals surface area contributed by atoms with Crippen LogP contribution in [0.15, 0.2) is 11.6 Å². The molecule has 1 fully saturated rings. The SMILES string of the molecule is CCOC1CC[C@H](COC(=O)CC2=CC(=O)NC2=O)CC1OCC. The molecule has 2 amide bonds. The van der Waals surface area contributed by atoms with Crippen LogP contribution in [0, 0.1) is 5.92 Å². The quantitative estimate of drug-likeness (QED) is 0.526. The van der Waals surface area contributed by atoms with Gasteiger partial charge in [0.05, 0.1) is 25.2 Å². The normalized spacial score (nSPS) is 26.9. The molecule has 0 aromatic carbocycles. The fraction of sp³-hybridized carbons (Fsp3) is 0.706. The lowest BCUT2D eigenvalue weighted by Gasteiger charge is -2.35. The van der Waals surface area contributed by atoms with Crippen LogP contribution in [0.3, 0.4) is 0 Å². The number of amides is 2. The monoisotopic (exact) mass is 339 g/mol. The van der Waals surface area contributed by atoms with E-state index in [0.717, 1.165) is 25.3 Å². The van der Waals surface area contributed by atoms with Crippen LogP contribution in [-0.4, -0.2) is 49.8 Å². The smallest absolute Gasteiger partial charge is 0.310 e. The van der Waals surface area contributed by atoms with Gasteiger partial charge in [0, 0.05) is 24.9 Å². The third kappa shape index (κ3) is 5.14. The number of ether oxygens (including phenoxy) is 3. The van der Waals surface area contributed by atoms with Gasteiger partial charge in [-0.2, -0.15) is 0 Å². The van der Waals surface area contributed by atoms with Gasteiger partial charge in [0.15, 0.2) is 0 Å². The molecular weight excluding hydrogens is 314 g/mol. The van der Waals surface area contributed by atoms with E-state index in [-0.39, 0.29) is 30.1 Å². The molecule has 0 aromatic heterocycles. The molecule has 134 valence electrons. The number of rotatable bonds is 8. The summed E-state index contributed by atoms with van der Waals surface area (Å²) in [4.78, 5) is 34.3. The molecule has 1 saturated carbocycles. The standard InChI is InChI=1S/C17H25NO6/c1-3-22-13-6-5-11(7-14(13)23-4-2)10-24-16(20)9-12-8-15(19)18-17(12)21/h8,11,13-14H,3-7,9-10H2,1-2H3,(H,18,19,21)/t11-,13?,14?/m0/s1. The average molecular weight is 339 g/mol. The molecular formula is C17H25NO6. The zero-order valence-corrected chi connectivity index (χ0v) is 14.2. The topological polar surface area (TPSA) is 90.9 Å². The van der Waals surface area contributed by atoms with E-state index in [4.69, 9.17) is 14.2 Å². The van der Waals surface area contributed by atoms with Gasteiger partial charge in [-0.05, 0) is 39.0 Å². The van der Waals surface area contributed by atoms with Gasteiger partial charge in [-0.3, -0.25) is 19.7 Å². The third-order valence-electron chi connectivity index (χ3n) is 4.25. The second-order valence-corrected chi connectivity index (χ2v) is 6.01. The lowest BCUT2D eigenvalue weighted by molar-refractivity contribution is -0.147. The first kappa shape index (κ1) is 18.6. The average Bonchev–Trinajstić information content (AvgIpc) is 2.85. The Bertz CT molecular complexity index is 515. The molecule has 7 heteroatoms. The highest BCUT2D eigenvalue weighted by atomic mass is 16.5. The van der Waals surface area contributed by atoms with E-state index in [9.17, 15) is 14.4 Å². The Morgan fingerprint density at radius 1 is 1.17 bits per heavy atom. The predicted octanol–water partition coefficient (Wildman–Crippen LogP) is 1.11. The molecule has 3 atom stereocenters. The summed E-state index contributed by atoms with van der Waals surface area (Å²) in [5.74, 6) is -1.29. The maximum absolute atomic E-state index is 11.9. The fourth-order valence-electron chi connectivity index (χ4n) is 3.13. The minimum Gasteiger partial charge on any atom is -0.465 e. The molecule has 1 N–H and O–H groups in total. The molecule has 0 spiro atoms. The molecule has 1 heterocycles. The van der Waals surface area contributed by atoms with Crippen LogP contribution in [0.25, 0.3) is 0 Å². The first-order valence-corrected chi connectivity index (χ1v) is 8.48. The Kier molecular flexibility index (Phi) is 6.93. The highest BCUT2D eigenvalue weighted by molar-refractivity contribution is 6.17. The summed E-state index contributed by atoms with van der Waals surface area (Å²) >= 11 is 0. The van der Waals surface area contributed by atoms with Crippen LogP contribution in [0.1, 0.15) is 39.5 Å². The van der Waals surface area contributed by atoms with Crippen molar-refractivity contribution in [3.63, 3.8) is 0 Å². The maximum Gasteiger partial charge on any atom is 0.310 e. The summed E-state index contributed by atoms with van der Waals surface area (Å²) in [5.41, 5.74) is 0.150. The van der Waals surface area contributed by atoms with Gasteiger partial charge in [-0.25, -0.2) is 0 Å². The largest absolute Gasteiger partial charge is 0.465 e. The lowest BCUT2D eigenvalue weighted by atomic mass is 9.85. The maximum atomic E-state index is 11.9. The Labute approximate surface area is 141 Å². The molecule has 24 heavy (non-hydrogen) atoms. The van der Waals surface area contributed by atoms with Crippen LogP contribution in [0.2, 0.25) is 0 Å². The highest BCUT2D eigenvalue weighted by Crippen LogP contribution is 2.29. The van der Waals surface area contributed by atoms with Crippen molar-refractivity contribution in [3.8, 4) is 0 Å². The van der Waals surface area contributed by atoms with Gasteiger partial charge in [0.1, 0.15) is 0 Å². The molecule has 0 radical (unpaired) electrons. The third-order valence-corrected chi connectivity index (χ3v) is 4.25. The Hall–Kier alpha value is -1.73. The van der Waals surface area contributed by atoms with Gasteiger partial charge in [-0.1, -0.05) is 0 Å². The van der Waals surface area contributed by atoms with E-state index in [1.165, 1.54) is 0 Å². The lowest BCUT2D eigenvalue weighted by Crippen LogP contribution is -2.39. The Balaban J connectivity index is 1.77. The van der Waals surface area contributed by atoms with Crippen LogP contribution >= 0.6 is 0 Å². The molecule has 1 aliphatic carbocycles. The van der Waals surface area contributed by atoms with Crippen LogP contribution in [0.4, 0.5) is 0 Å². The second kappa shape index (κ2) is 8.94. The van der Waals surface area contributed by atoms with Crippen LogP contribution in [0.5, 0.6) is 0 Å². The number of hydrogen-bond acceptors (Lipinski definition) is 6. The highest BCUT2D eigenvalue weighted by Gasteiger charge is 2.32. The minimum absolute atomic E-state index is 0.0216.